The summed E-state index contributed by atoms with van der Waals surface area (Å²) in [5, 5.41) is 1.68. The van der Waals surface area contributed by atoms with E-state index in [1.54, 1.807) is 18.6 Å². The van der Waals surface area contributed by atoms with E-state index in [1.165, 1.54) is 0 Å². The minimum Gasteiger partial charge on any atom is -0.486 e. The number of ether oxygens (including phenoxy) is 1. The zero-order chi connectivity index (χ0) is 17.1. The van der Waals surface area contributed by atoms with Gasteiger partial charge in [0.2, 0.25) is 0 Å². The van der Waals surface area contributed by atoms with Gasteiger partial charge in [0, 0.05) is 17.4 Å². The van der Waals surface area contributed by atoms with Gasteiger partial charge in [-0.3, -0.25) is 0 Å². The fourth-order valence-corrected chi connectivity index (χ4v) is 3.16. The summed E-state index contributed by atoms with van der Waals surface area (Å²) in [4.78, 5) is 4.07. The van der Waals surface area contributed by atoms with E-state index in [1.807, 2.05) is 48.0 Å². The zero-order valence-electron chi connectivity index (χ0n) is 12.9. The van der Waals surface area contributed by atoms with E-state index in [-0.39, 0.29) is 6.04 Å². The quantitative estimate of drug-likeness (QED) is 0.539. The molecule has 6 heteroatoms. The lowest BCUT2D eigenvalue weighted by atomic mass is 10.1. The lowest BCUT2D eigenvalue weighted by Crippen LogP contribution is -2.06. The average molecular weight is 382 g/mol. The molecular weight excluding hydrogens is 367 g/mol. The van der Waals surface area contributed by atoms with Crippen LogP contribution < -0.4 is 4.74 Å². The van der Waals surface area contributed by atoms with Crippen LogP contribution in [-0.2, 0) is 6.61 Å². The van der Waals surface area contributed by atoms with Crippen molar-refractivity contribution in [3.8, 4) is 5.75 Å². The molecule has 0 aliphatic rings. The molecule has 1 unspecified atom stereocenters. The molecule has 3 rings (SSSR count). The molecule has 0 radical (unpaired) electrons. The van der Waals surface area contributed by atoms with Crippen LogP contribution in [0.25, 0.3) is 0 Å². The third-order valence-corrected chi connectivity index (χ3v) is 4.74. The predicted molar refractivity (Wildman–Crippen MR) is 98.3 cm³/mol. The highest BCUT2D eigenvalue weighted by Gasteiger charge is 2.17. The number of hydrogen-bond acceptors (Lipinski definition) is 2. The van der Waals surface area contributed by atoms with Crippen LogP contribution >= 0.6 is 34.8 Å². The van der Waals surface area contributed by atoms with Gasteiger partial charge < -0.3 is 9.30 Å². The molecule has 0 amide bonds. The van der Waals surface area contributed by atoms with Crippen molar-refractivity contribution >= 4 is 34.8 Å². The van der Waals surface area contributed by atoms with Gasteiger partial charge in [-0.15, -0.1) is 0 Å². The first-order chi connectivity index (χ1) is 11.6. The Morgan fingerprint density at radius 1 is 1.08 bits per heavy atom. The Morgan fingerprint density at radius 2 is 1.83 bits per heavy atom. The van der Waals surface area contributed by atoms with Crippen molar-refractivity contribution in [2.45, 2.75) is 19.6 Å². The van der Waals surface area contributed by atoms with Crippen molar-refractivity contribution in [3.05, 3.63) is 81.3 Å². The SMILES string of the molecule is CC(c1ccc(Cl)c(OCc2ccc(Cl)cc2)c1Cl)n1ccnc1. The van der Waals surface area contributed by atoms with Crippen LogP contribution in [0.4, 0.5) is 0 Å². The first-order valence-corrected chi connectivity index (χ1v) is 8.52. The van der Waals surface area contributed by atoms with Gasteiger partial charge in [0.05, 0.1) is 22.4 Å². The highest BCUT2D eigenvalue weighted by molar-refractivity contribution is 6.37. The molecule has 0 aliphatic carbocycles. The number of aromatic nitrogens is 2. The molecule has 0 fully saturated rings. The largest absolute Gasteiger partial charge is 0.486 e. The van der Waals surface area contributed by atoms with Crippen LogP contribution in [-0.4, -0.2) is 9.55 Å². The smallest absolute Gasteiger partial charge is 0.157 e. The molecule has 0 saturated heterocycles. The van der Waals surface area contributed by atoms with E-state index in [4.69, 9.17) is 39.5 Å². The van der Waals surface area contributed by atoms with Crippen molar-refractivity contribution < 1.29 is 4.74 Å². The Morgan fingerprint density at radius 3 is 2.50 bits per heavy atom. The molecular formula is C18H15Cl3N2O. The van der Waals surface area contributed by atoms with Crippen molar-refractivity contribution in [1.29, 1.82) is 0 Å². The number of hydrogen-bond donors (Lipinski definition) is 0. The Balaban J connectivity index is 1.85. The molecule has 0 spiro atoms. The van der Waals surface area contributed by atoms with Gasteiger partial charge in [-0.2, -0.15) is 0 Å². The maximum Gasteiger partial charge on any atom is 0.157 e. The third kappa shape index (κ3) is 3.69. The van der Waals surface area contributed by atoms with Crippen LogP contribution in [0.2, 0.25) is 15.1 Å². The molecule has 2 aromatic carbocycles. The minimum atomic E-state index is 0.0233. The molecule has 1 heterocycles. The molecule has 3 nitrogen and oxygen atoms in total. The van der Waals surface area contributed by atoms with E-state index in [0.717, 1.165) is 11.1 Å². The van der Waals surface area contributed by atoms with Gasteiger partial charge in [-0.25, -0.2) is 4.98 Å². The Hall–Kier alpha value is -1.68. The molecule has 0 saturated carbocycles. The van der Waals surface area contributed by atoms with Crippen LogP contribution in [0.5, 0.6) is 5.75 Å². The topological polar surface area (TPSA) is 27.1 Å². The summed E-state index contributed by atoms with van der Waals surface area (Å²) in [5.41, 5.74) is 1.91. The highest BCUT2D eigenvalue weighted by atomic mass is 35.5. The van der Waals surface area contributed by atoms with Crippen LogP contribution in [0.1, 0.15) is 24.1 Å². The fourth-order valence-electron chi connectivity index (χ4n) is 2.40. The summed E-state index contributed by atoms with van der Waals surface area (Å²) in [6, 6.07) is 11.2. The fraction of sp³-hybridized carbons (Fsp3) is 0.167. The summed E-state index contributed by atoms with van der Waals surface area (Å²) in [7, 11) is 0. The highest BCUT2D eigenvalue weighted by Crippen LogP contribution is 2.39. The molecule has 24 heavy (non-hydrogen) atoms. The second kappa shape index (κ2) is 7.47. The van der Waals surface area contributed by atoms with Gasteiger partial charge in [-0.05, 0) is 36.2 Å². The predicted octanol–water partition coefficient (Wildman–Crippen LogP) is 6.03. The molecule has 1 aromatic heterocycles. The van der Waals surface area contributed by atoms with Crippen molar-refractivity contribution in [2.75, 3.05) is 0 Å². The van der Waals surface area contributed by atoms with Gasteiger partial charge in [0.1, 0.15) is 6.61 Å². The van der Waals surface area contributed by atoms with E-state index in [2.05, 4.69) is 4.98 Å². The van der Waals surface area contributed by atoms with Gasteiger partial charge in [0.15, 0.2) is 5.75 Å². The average Bonchev–Trinajstić information content (AvgIpc) is 3.10. The van der Waals surface area contributed by atoms with E-state index in [0.29, 0.717) is 27.4 Å². The molecule has 124 valence electrons. The van der Waals surface area contributed by atoms with Crippen molar-refractivity contribution in [2.24, 2.45) is 0 Å². The summed E-state index contributed by atoms with van der Waals surface area (Å²) in [5.74, 6) is 0.484. The lowest BCUT2D eigenvalue weighted by Gasteiger charge is -2.18. The molecule has 1 atom stereocenters. The summed E-state index contributed by atoms with van der Waals surface area (Å²) < 4.78 is 7.84. The Labute approximate surface area is 155 Å². The first-order valence-electron chi connectivity index (χ1n) is 7.39. The monoisotopic (exact) mass is 380 g/mol. The Kier molecular flexibility index (Phi) is 5.34. The van der Waals surface area contributed by atoms with Crippen LogP contribution in [0, 0.1) is 0 Å². The third-order valence-electron chi connectivity index (χ3n) is 3.80. The lowest BCUT2D eigenvalue weighted by molar-refractivity contribution is 0.306. The maximum atomic E-state index is 6.55. The summed E-state index contributed by atoms with van der Waals surface area (Å²) >= 11 is 18.7. The van der Waals surface area contributed by atoms with Gasteiger partial charge >= 0.3 is 0 Å². The standard InChI is InChI=1S/C18H15Cl3N2O/c1-12(23-9-8-22-11-23)15-6-7-16(20)18(17(15)21)24-10-13-2-4-14(19)5-3-13/h2-9,11-12H,10H2,1H3. The normalized spacial score (nSPS) is 12.2. The number of nitrogens with zero attached hydrogens (tertiary/aromatic N) is 2. The van der Waals surface area contributed by atoms with E-state index in [9.17, 15) is 0 Å². The first kappa shape index (κ1) is 17.2. The number of imidazole rings is 1. The van der Waals surface area contributed by atoms with Gasteiger partial charge in [-0.1, -0.05) is 53.0 Å². The number of benzene rings is 2. The van der Waals surface area contributed by atoms with Crippen LogP contribution in [0.15, 0.2) is 55.1 Å². The summed E-state index contributed by atoms with van der Waals surface area (Å²) in [6.07, 6.45) is 5.38. The van der Waals surface area contributed by atoms with Gasteiger partial charge in [0.25, 0.3) is 0 Å². The second-order valence-electron chi connectivity index (χ2n) is 5.38. The van der Waals surface area contributed by atoms with Crippen molar-refractivity contribution in [3.63, 3.8) is 0 Å². The minimum absolute atomic E-state index is 0.0233. The molecule has 0 N–H and O–H groups in total. The van der Waals surface area contributed by atoms with E-state index >= 15 is 0 Å². The zero-order valence-corrected chi connectivity index (χ0v) is 15.2. The molecule has 3 aromatic rings. The second-order valence-corrected chi connectivity index (χ2v) is 6.60. The van der Waals surface area contributed by atoms with Crippen molar-refractivity contribution in [1.82, 2.24) is 9.55 Å². The van der Waals surface area contributed by atoms with Crippen LogP contribution in [0.3, 0.4) is 0 Å². The molecule has 0 aliphatic heterocycles. The maximum absolute atomic E-state index is 6.55. The Bertz CT molecular complexity index is 817. The van der Waals surface area contributed by atoms with E-state index < -0.39 is 0 Å². The molecule has 0 bridgehead atoms. The number of rotatable bonds is 5. The number of halogens is 3. The summed E-state index contributed by atoms with van der Waals surface area (Å²) in [6.45, 7) is 2.40.